The van der Waals surface area contributed by atoms with Crippen LogP contribution in [0.25, 0.3) is 0 Å². The maximum atomic E-state index is 12.1. The highest BCUT2D eigenvalue weighted by Gasteiger charge is 2.23. The van der Waals surface area contributed by atoms with Crippen molar-refractivity contribution >= 4 is 5.91 Å². The Balaban J connectivity index is 2.75. The fourth-order valence-corrected chi connectivity index (χ4v) is 2.43. The van der Waals surface area contributed by atoms with Crippen LogP contribution in [0.2, 0.25) is 0 Å². The number of rotatable bonds is 4. The maximum Gasteiger partial charge on any atom is 0.237 e. The van der Waals surface area contributed by atoms with Gasteiger partial charge in [0, 0.05) is 29.9 Å². The Kier molecular flexibility index (Phi) is 4.97. The molecule has 0 radical (unpaired) electrons. The van der Waals surface area contributed by atoms with Gasteiger partial charge in [-0.2, -0.15) is 5.10 Å². The number of aryl methyl sites for hydroxylation is 2. The standard InChI is InChI=1S/C15H28N4O/c1-9(13-10(2)18-19(8)12(13)4)16-11(3)14(20)17-15(5,6)7/h9,11,16H,1-8H3,(H,17,20). The first-order valence-electron chi connectivity index (χ1n) is 7.11. The van der Waals surface area contributed by atoms with Crippen molar-refractivity contribution in [2.45, 2.75) is 66.1 Å². The molecule has 0 aliphatic rings. The monoisotopic (exact) mass is 280 g/mol. The van der Waals surface area contributed by atoms with Crippen LogP contribution in [0.4, 0.5) is 0 Å². The van der Waals surface area contributed by atoms with Crippen LogP contribution in [0.3, 0.4) is 0 Å². The van der Waals surface area contributed by atoms with Gasteiger partial charge in [-0.25, -0.2) is 0 Å². The Morgan fingerprint density at radius 1 is 1.25 bits per heavy atom. The molecule has 0 bridgehead atoms. The predicted molar refractivity (Wildman–Crippen MR) is 81.6 cm³/mol. The summed E-state index contributed by atoms with van der Waals surface area (Å²) < 4.78 is 1.88. The molecule has 0 saturated heterocycles. The number of hydrogen-bond acceptors (Lipinski definition) is 3. The van der Waals surface area contributed by atoms with Crippen LogP contribution in [0, 0.1) is 13.8 Å². The molecule has 114 valence electrons. The molecule has 0 fully saturated rings. The smallest absolute Gasteiger partial charge is 0.237 e. The molecular weight excluding hydrogens is 252 g/mol. The van der Waals surface area contributed by atoms with Crippen LogP contribution >= 0.6 is 0 Å². The van der Waals surface area contributed by atoms with E-state index in [1.165, 1.54) is 5.56 Å². The van der Waals surface area contributed by atoms with Gasteiger partial charge in [0.15, 0.2) is 0 Å². The van der Waals surface area contributed by atoms with Gasteiger partial charge in [-0.15, -0.1) is 0 Å². The molecule has 0 saturated carbocycles. The van der Waals surface area contributed by atoms with E-state index in [4.69, 9.17) is 0 Å². The minimum atomic E-state index is -0.247. The third-order valence-corrected chi connectivity index (χ3v) is 3.39. The van der Waals surface area contributed by atoms with Gasteiger partial charge in [-0.05, 0) is 48.5 Å². The second-order valence-electron chi connectivity index (χ2n) is 6.56. The van der Waals surface area contributed by atoms with E-state index in [9.17, 15) is 4.79 Å². The fraction of sp³-hybridized carbons (Fsp3) is 0.733. The Hall–Kier alpha value is -1.36. The molecule has 2 unspecified atom stereocenters. The van der Waals surface area contributed by atoms with Crippen molar-refractivity contribution in [1.82, 2.24) is 20.4 Å². The SMILES string of the molecule is Cc1nn(C)c(C)c1C(C)NC(C)C(=O)NC(C)(C)C. The Bertz CT molecular complexity index is 485. The first-order chi connectivity index (χ1) is 9.03. The van der Waals surface area contributed by atoms with Crippen LogP contribution < -0.4 is 10.6 Å². The molecule has 1 aromatic rings. The summed E-state index contributed by atoms with van der Waals surface area (Å²) >= 11 is 0. The summed E-state index contributed by atoms with van der Waals surface area (Å²) in [6.07, 6.45) is 0. The number of amides is 1. The molecule has 20 heavy (non-hydrogen) atoms. The quantitative estimate of drug-likeness (QED) is 0.887. The number of aromatic nitrogens is 2. The van der Waals surface area contributed by atoms with Gasteiger partial charge in [0.2, 0.25) is 5.91 Å². The zero-order valence-electron chi connectivity index (χ0n) is 14.0. The first kappa shape index (κ1) is 16.7. The average Bonchev–Trinajstić information content (AvgIpc) is 2.50. The van der Waals surface area contributed by atoms with E-state index in [-0.39, 0.29) is 23.5 Å². The molecule has 2 atom stereocenters. The summed E-state index contributed by atoms with van der Waals surface area (Å²) in [7, 11) is 1.94. The third kappa shape index (κ3) is 4.07. The van der Waals surface area contributed by atoms with Crippen LogP contribution in [0.15, 0.2) is 0 Å². The second kappa shape index (κ2) is 5.95. The van der Waals surface area contributed by atoms with Crippen molar-refractivity contribution in [3.63, 3.8) is 0 Å². The van der Waals surface area contributed by atoms with Crippen molar-refractivity contribution in [2.75, 3.05) is 0 Å². The van der Waals surface area contributed by atoms with Crippen molar-refractivity contribution in [3.8, 4) is 0 Å². The van der Waals surface area contributed by atoms with Crippen LogP contribution in [0.1, 0.15) is 57.6 Å². The minimum Gasteiger partial charge on any atom is -0.350 e. The van der Waals surface area contributed by atoms with Gasteiger partial charge in [-0.1, -0.05) is 0 Å². The molecule has 5 heteroatoms. The minimum absolute atomic E-state index is 0.0172. The zero-order valence-corrected chi connectivity index (χ0v) is 14.0. The normalized spacial score (nSPS) is 15.0. The van der Waals surface area contributed by atoms with Crippen molar-refractivity contribution in [2.24, 2.45) is 7.05 Å². The van der Waals surface area contributed by atoms with Crippen LogP contribution in [0.5, 0.6) is 0 Å². The number of carbonyl (C=O) groups is 1. The molecule has 2 N–H and O–H groups in total. The molecule has 0 aliphatic heterocycles. The molecular formula is C15H28N4O. The van der Waals surface area contributed by atoms with Crippen LogP contribution in [-0.2, 0) is 11.8 Å². The highest BCUT2D eigenvalue weighted by atomic mass is 16.2. The van der Waals surface area contributed by atoms with Crippen molar-refractivity contribution < 1.29 is 4.79 Å². The molecule has 0 aliphatic carbocycles. The fourth-order valence-electron chi connectivity index (χ4n) is 2.43. The largest absolute Gasteiger partial charge is 0.350 e. The lowest BCUT2D eigenvalue weighted by Crippen LogP contribution is -2.50. The van der Waals surface area contributed by atoms with E-state index in [1.54, 1.807) is 0 Å². The second-order valence-corrected chi connectivity index (χ2v) is 6.56. The Morgan fingerprint density at radius 3 is 2.20 bits per heavy atom. The van der Waals surface area contributed by atoms with E-state index < -0.39 is 0 Å². The van der Waals surface area contributed by atoms with Gasteiger partial charge in [-0.3, -0.25) is 14.8 Å². The highest BCUT2D eigenvalue weighted by molar-refractivity contribution is 5.82. The lowest BCUT2D eigenvalue weighted by Gasteiger charge is -2.25. The average molecular weight is 280 g/mol. The Labute approximate surface area is 122 Å². The molecule has 1 aromatic heterocycles. The van der Waals surface area contributed by atoms with E-state index in [1.807, 2.05) is 53.3 Å². The molecule has 5 nitrogen and oxygen atoms in total. The third-order valence-electron chi connectivity index (χ3n) is 3.39. The zero-order chi connectivity index (χ0) is 15.7. The number of nitrogens with one attached hydrogen (secondary N) is 2. The van der Waals surface area contributed by atoms with Gasteiger partial charge in [0.1, 0.15) is 0 Å². The first-order valence-corrected chi connectivity index (χ1v) is 7.11. The van der Waals surface area contributed by atoms with E-state index in [2.05, 4.69) is 22.7 Å². The number of nitrogens with zero attached hydrogens (tertiary/aromatic N) is 2. The van der Waals surface area contributed by atoms with E-state index in [0.717, 1.165) is 11.4 Å². The van der Waals surface area contributed by atoms with Gasteiger partial charge in [0.25, 0.3) is 0 Å². The molecule has 1 amide bonds. The summed E-state index contributed by atoms with van der Waals surface area (Å²) in [5.74, 6) is 0.0172. The summed E-state index contributed by atoms with van der Waals surface area (Å²) in [6.45, 7) is 14.0. The van der Waals surface area contributed by atoms with E-state index in [0.29, 0.717) is 0 Å². The van der Waals surface area contributed by atoms with Crippen molar-refractivity contribution in [3.05, 3.63) is 17.0 Å². The summed E-state index contributed by atoms with van der Waals surface area (Å²) in [5, 5.41) is 10.8. The molecule has 1 rings (SSSR count). The van der Waals surface area contributed by atoms with Gasteiger partial charge < -0.3 is 5.32 Å². The van der Waals surface area contributed by atoms with Crippen molar-refractivity contribution in [1.29, 1.82) is 0 Å². The highest BCUT2D eigenvalue weighted by Crippen LogP contribution is 2.21. The lowest BCUT2D eigenvalue weighted by molar-refractivity contribution is -0.124. The van der Waals surface area contributed by atoms with Gasteiger partial charge >= 0.3 is 0 Å². The van der Waals surface area contributed by atoms with Crippen LogP contribution in [-0.4, -0.2) is 27.3 Å². The summed E-state index contributed by atoms with van der Waals surface area (Å²) in [6, 6.07) is -0.160. The molecule has 0 spiro atoms. The number of hydrogen-bond donors (Lipinski definition) is 2. The summed E-state index contributed by atoms with van der Waals surface area (Å²) in [4.78, 5) is 12.1. The number of carbonyl (C=O) groups excluding carboxylic acids is 1. The summed E-state index contributed by atoms with van der Waals surface area (Å²) in [5.41, 5.74) is 3.10. The lowest BCUT2D eigenvalue weighted by atomic mass is 10.0. The molecule has 0 aromatic carbocycles. The topological polar surface area (TPSA) is 59.0 Å². The predicted octanol–water partition coefficient (Wildman–Crippen LogP) is 1.99. The van der Waals surface area contributed by atoms with Gasteiger partial charge in [0.05, 0.1) is 11.7 Å². The maximum absolute atomic E-state index is 12.1. The Morgan fingerprint density at radius 2 is 1.80 bits per heavy atom. The van der Waals surface area contributed by atoms with E-state index >= 15 is 0 Å². The molecule has 1 heterocycles.